The molecular weight excluding hydrogens is 363 g/mol. The molecule has 0 aromatic heterocycles. The summed E-state index contributed by atoms with van der Waals surface area (Å²) in [5.41, 5.74) is 5.87. The summed E-state index contributed by atoms with van der Waals surface area (Å²) in [4.78, 5) is 11.4. The molecule has 0 aliphatic heterocycles. The van der Waals surface area contributed by atoms with E-state index in [2.05, 4.69) is 9.46 Å². The molecule has 2 unspecified atom stereocenters. The Balaban J connectivity index is 0.00000264. The van der Waals surface area contributed by atoms with E-state index in [-0.39, 0.29) is 39.8 Å². The maximum absolute atomic E-state index is 12.5. The lowest BCUT2D eigenvalue weighted by atomic mass is 10.1. The van der Waals surface area contributed by atoms with Crippen LogP contribution in [0.15, 0.2) is 23.1 Å². The zero-order valence-corrected chi connectivity index (χ0v) is 15.0. The van der Waals surface area contributed by atoms with Gasteiger partial charge in [0.2, 0.25) is 10.0 Å². The quantitative estimate of drug-likeness (QED) is 0.758. The lowest BCUT2D eigenvalue weighted by Crippen LogP contribution is -2.39. The first kappa shape index (κ1) is 20.2. The van der Waals surface area contributed by atoms with Crippen molar-refractivity contribution in [3.05, 3.63) is 28.8 Å². The monoisotopic (exact) mass is 382 g/mol. The first-order valence-electron chi connectivity index (χ1n) is 6.99. The van der Waals surface area contributed by atoms with E-state index in [9.17, 15) is 13.2 Å². The van der Waals surface area contributed by atoms with E-state index in [0.717, 1.165) is 19.3 Å². The van der Waals surface area contributed by atoms with E-state index in [1.54, 1.807) is 0 Å². The molecule has 1 aromatic rings. The predicted octanol–water partition coefficient (Wildman–Crippen LogP) is 1.95. The highest BCUT2D eigenvalue weighted by atomic mass is 35.5. The molecule has 9 heteroatoms. The minimum absolute atomic E-state index is 0. The number of sulfonamides is 1. The molecule has 130 valence electrons. The van der Waals surface area contributed by atoms with Crippen molar-refractivity contribution < 1.29 is 17.9 Å². The first-order valence-corrected chi connectivity index (χ1v) is 8.85. The summed E-state index contributed by atoms with van der Waals surface area (Å²) < 4.78 is 32.2. The van der Waals surface area contributed by atoms with Gasteiger partial charge in [-0.2, -0.15) is 0 Å². The standard InChI is InChI=1S/C14H19ClN2O4S.ClH/c1-21-14(18)9-5-6-13(11(15)7-9)22(19,20)17-12-4-2-3-10(12)8-16;/h5-7,10,12,17H,2-4,8,16H2,1H3;1H. The third kappa shape index (κ3) is 4.58. The molecule has 1 aliphatic carbocycles. The summed E-state index contributed by atoms with van der Waals surface area (Å²) in [5.74, 6) is -0.430. The number of methoxy groups -OCH3 is 1. The molecule has 0 saturated heterocycles. The van der Waals surface area contributed by atoms with Crippen molar-refractivity contribution in [1.29, 1.82) is 0 Å². The second-order valence-corrected chi connectivity index (χ2v) is 7.38. The van der Waals surface area contributed by atoms with Crippen molar-refractivity contribution in [2.75, 3.05) is 13.7 Å². The number of rotatable bonds is 5. The average Bonchev–Trinajstić information content (AvgIpc) is 2.92. The van der Waals surface area contributed by atoms with Gasteiger partial charge in [-0.15, -0.1) is 12.4 Å². The topological polar surface area (TPSA) is 98.5 Å². The van der Waals surface area contributed by atoms with Crippen LogP contribution in [0.5, 0.6) is 0 Å². The highest BCUT2D eigenvalue weighted by Gasteiger charge is 2.31. The molecule has 1 saturated carbocycles. The van der Waals surface area contributed by atoms with Gasteiger partial charge in [0, 0.05) is 6.04 Å². The Kier molecular flexibility index (Phi) is 7.29. The molecule has 6 nitrogen and oxygen atoms in total. The fraction of sp³-hybridized carbons (Fsp3) is 0.500. The minimum Gasteiger partial charge on any atom is -0.465 e. The van der Waals surface area contributed by atoms with E-state index in [4.69, 9.17) is 17.3 Å². The molecule has 0 spiro atoms. The van der Waals surface area contributed by atoms with Gasteiger partial charge in [0.15, 0.2) is 0 Å². The van der Waals surface area contributed by atoms with E-state index >= 15 is 0 Å². The summed E-state index contributed by atoms with van der Waals surface area (Å²) in [6, 6.07) is 3.80. The fourth-order valence-electron chi connectivity index (χ4n) is 2.70. The van der Waals surface area contributed by atoms with Crippen molar-refractivity contribution in [3.8, 4) is 0 Å². The van der Waals surface area contributed by atoms with Crippen LogP contribution in [-0.4, -0.2) is 34.1 Å². The SMILES string of the molecule is COC(=O)c1ccc(S(=O)(=O)NC2CCCC2CN)c(Cl)c1.Cl. The molecule has 2 rings (SSSR count). The van der Waals surface area contributed by atoms with Gasteiger partial charge in [-0.1, -0.05) is 18.0 Å². The summed E-state index contributed by atoms with van der Waals surface area (Å²) >= 11 is 6.02. The van der Waals surface area contributed by atoms with Crippen LogP contribution in [0, 0.1) is 5.92 Å². The van der Waals surface area contributed by atoms with Crippen molar-refractivity contribution in [2.24, 2.45) is 11.7 Å². The van der Waals surface area contributed by atoms with E-state index in [1.807, 2.05) is 0 Å². The third-order valence-electron chi connectivity index (χ3n) is 3.91. The van der Waals surface area contributed by atoms with Crippen molar-refractivity contribution in [3.63, 3.8) is 0 Å². The predicted molar refractivity (Wildman–Crippen MR) is 90.5 cm³/mol. The van der Waals surface area contributed by atoms with Gasteiger partial charge in [-0.05, 0) is 43.5 Å². The Morgan fingerprint density at radius 2 is 2.13 bits per heavy atom. The molecule has 0 radical (unpaired) electrons. The van der Waals surface area contributed by atoms with Crippen LogP contribution in [0.3, 0.4) is 0 Å². The number of carbonyl (C=O) groups is 1. The summed E-state index contributed by atoms with van der Waals surface area (Å²) in [6.07, 6.45) is 2.63. The van der Waals surface area contributed by atoms with Crippen LogP contribution in [-0.2, 0) is 14.8 Å². The first-order chi connectivity index (χ1) is 10.4. The Labute approximate surface area is 147 Å². The second kappa shape index (κ2) is 8.30. The molecule has 1 aromatic carbocycles. The van der Waals surface area contributed by atoms with Gasteiger partial charge in [0.25, 0.3) is 0 Å². The minimum atomic E-state index is -3.76. The Morgan fingerprint density at radius 1 is 1.43 bits per heavy atom. The lowest BCUT2D eigenvalue weighted by Gasteiger charge is -2.20. The Hall–Kier alpha value is -0.860. The van der Waals surface area contributed by atoms with Crippen molar-refractivity contribution >= 4 is 40.0 Å². The number of ether oxygens (including phenoxy) is 1. The number of hydrogen-bond donors (Lipinski definition) is 2. The fourth-order valence-corrected chi connectivity index (χ4v) is 4.58. The number of nitrogens with two attached hydrogens (primary N) is 1. The maximum atomic E-state index is 12.5. The Morgan fingerprint density at radius 3 is 2.70 bits per heavy atom. The molecule has 1 fully saturated rings. The van der Waals surface area contributed by atoms with Gasteiger partial charge in [0.05, 0.1) is 17.7 Å². The Bertz CT molecular complexity index is 667. The van der Waals surface area contributed by atoms with Crippen LogP contribution in [0.25, 0.3) is 0 Å². The number of benzene rings is 1. The van der Waals surface area contributed by atoms with Crippen molar-refractivity contribution in [1.82, 2.24) is 4.72 Å². The number of esters is 1. The van der Waals surface area contributed by atoms with Crippen LogP contribution in [0.2, 0.25) is 5.02 Å². The summed E-state index contributed by atoms with van der Waals surface area (Å²) in [6.45, 7) is 0.447. The number of carbonyl (C=O) groups excluding carboxylic acids is 1. The summed E-state index contributed by atoms with van der Waals surface area (Å²) in [7, 11) is -2.51. The molecule has 0 bridgehead atoms. The van der Waals surface area contributed by atoms with Crippen molar-refractivity contribution in [2.45, 2.75) is 30.2 Å². The number of nitrogens with one attached hydrogen (secondary N) is 1. The van der Waals surface area contributed by atoms with Gasteiger partial charge >= 0.3 is 5.97 Å². The third-order valence-corrected chi connectivity index (χ3v) is 5.88. The lowest BCUT2D eigenvalue weighted by molar-refractivity contribution is 0.0600. The van der Waals surface area contributed by atoms with Crippen LogP contribution < -0.4 is 10.5 Å². The molecule has 23 heavy (non-hydrogen) atoms. The normalized spacial score (nSPS) is 20.8. The van der Waals surface area contributed by atoms with Crippen LogP contribution >= 0.6 is 24.0 Å². The van der Waals surface area contributed by atoms with E-state index in [1.165, 1.54) is 25.3 Å². The van der Waals surface area contributed by atoms with Crippen LogP contribution in [0.1, 0.15) is 29.6 Å². The molecule has 1 aliphatic rings. The summed E-state index contributed by atoms with van der Waals surface area (Å²) in [5, 5.41) is -0.0160. The van der Waals surface area contributed by atoms with Crippen LogP contribution in [0.4, 0.5) is 0 Å². The maximum Gasteiger partial charge on any atom is 0.337 e. The molecule has 0 heterocycles. The molecular formula is C14H20Cl2N2O4S. The smallest absolute Gasteiger partial charge is 0.337 e. The highest BCUT2D eigenvalue weighted by Crippen LogP contribution is 2.28. The molecule has 0 amide bonds. The van der Waals surface area contributed by atoms with Gasteiger partial charge in [-0.25, -0.2) is 17.9 Å². The van der Waals surface area contributed by atoms with Gasteiger partial charge < -0.3 is 10.5 Å². The molecule has 3 N–H and O–H groups in total. The largest absolute Gasteiger partial charge is 0.465 e. The average molecular weight is 383 g/mol. The van der Waals surface area contributed by atoms with E-state index < -0.39 is 16.0 Å². The highest BCUT2D eigenvalue weighted by molar-refractivity contribution is 7.89. The zero-order valence-electron chi connectivity index (χ0n) is 12.6. The van der Waals surface area contributed by atoms with Gasteiger partial charge in [-0.3, -0.25) is 0 Å². The molecule has 2 atom stereocenters. The number of hydrogen-bond acceptors (Lipinski definition) is 5. The number of halogens is 2. The van der Waals surface area contributed by atoms with Gasteiger partial charge in [0.1, 0.15) is 4.90 Å². The second-order valence-electron chi connectivity index (χ2n) is 5.29. The van der Waals surface area contributed by atoms with E-state index in [0.29, 0.717) is 6.54 Å². The zero-order chi connectivity index (χ0) is 16.3.